The van der Waals surface area contributed by atoms with Crippen molar-refractivity contribution in [1.29, 1.82) is 0 Å². The zero-order valence-electron chi connectivity index (χ0n) is 14.2. The van der Waals surface area contributed by atoms with E-state index in [1.165, 1.54) is 12.1 Å². The molecule has 0 bridgehead atoms. The van der Waals surface area contributed by atoms with E-state index in [0.717, 1.165) is 11.4 Å². The van der Waals surface area contributed by atoms with Gasteiger partial charge in [-0.15, -0.1) is 10.2 Å². The molecule has 0 saturated carbocycles. The Morgan fingerprint density at radius 1 is 1.16 bits per heavy atom. The Kier molecular flexibility index (Phi) is 4.69. The van der Waals surface area contributed by atoms with Crippen LogP contribution in [0.3, 0.4) is 0 Å². The summed E-state index contributed by atoms with van der Waals surface area (Å²) in [6.45, 7) is 6.18. The summed E-state index contributed by atoms with van der Waals surface area (Å²) in [6.07, 6.45) is 0. The van der Waals surface area contributed by atoms with Crippen molar-refractivity contribution in [2.45, 2.75) is 32.2 Å². The third-order valence-corrected chi connectivity index (χ3v) is 5.04. The highest BCUT2D eigenvalue weighted by Gasteiger charge is 2.16. The molecular weight excluding hydrogens is 342 g/mol. The lowest BCUT2D eigenvalue weighted by molar-refractivity contribution is 0.340. The van der Waals surface area contributed by atoms with Crippen LogP contribution in [0.4, 0.5) is 0 Å². The third kappa shape index (κ3) is 3.62. The number of sulfonamides is 1. The first-order valence-corrected chi connectivity index (χ1v) is 9.30. The highest BCUT2D eigenvalue weighted by Crippen LogP contribution is 2.16. The summed E-state index contributed by atoms with van der Waals surface area (Å²) in [5.74, 6) is 1.56. The molecule has 25 heavy (non-hydrogen) atoms. The molecule has 0 unspecified atom stereocenters. The quantitative estimate of drug-likeness (QED) is 0.716. The Morgan fingerprint density at radius 3 is 2.56 bits per heavy atom. The molecule has 8 nitrogen and oxygen atoms in total. The Balaban J connectivity index is 1.80. The molecule has 0 spiro atoms. The summed E-state index contributed by atoms with van der Waals surface area (Å²) in [5, 5.41) is 8.03. The van der Waals surface area contributed by atoms with Gasteiger partial charge >= 0.3 is 0 Å². The Hall–Kier alpha value is -2.52. The number of aromatic nitrogens is 4. The molecule has 0 aliphatic heterocycles. The predicted molar refractivity (Wildman–Crippen MR) is 91.9 cm³/mol. The van der Waals surface area contributed by atoms with Gasteiger partial charge in [0, 0.05) is 11.4 Å². The molecule has 3 rings (SSSR count). The van der Waals surface area contributed by atoms with E-state index in [2.05, 4.69) is 19.9 Å². The van der Waals surface area contributed by atoms with Gasteiger partial charge < -0.3 is 4.74 Å². The zero-order valence-corrected chi connectivity index (χ0v) is 15.0. The number of nitrogens with zero attached hydrogens (tertiary/aromatic N) is 4. The molecule has 2 aromatic heterocycles. The first-order valence-electron chi connectivity index (χ1n) is 7.81. The molecule has 0 radical (unpaired) electrons. The largest absolute Gasteiger partial charge is 0.494 e. The van der Waals surface area contributed by atoms with Gasteiger partial charge in [0.2, 0.25) is 10.0 Å². The molecule has 9 heteroatoms. The monoisotopic (exact) mass is 361 g/mol. The standard InChI is InChI=1S/C16H19N5O3S/c1-4-24-13-5-7-14(8-6-13)25(22,23)17-10-15-19-20-16-18-11(2)9-12(3)21(15)16/h5-9,17H,4,10H2,1-3H3. The normalized spacial score (nSPS) is 11.8. The minimum Gasteiger partial charge on any atom is -0.494 e. The van der Waals surface area contributed by atoms with Crippen molar-refractivity contribution in [3.05, 3.63) is 47.5 Å². The molecule has 2 heterocycles. The lowest BCUT2D eigenvalue weighted by atomic mass is 10.3. The Labute approximate surface area is 145 Å². The lowest BCUT2D eigenvalue weighted by Gasteiger charge is -2.08. The fraction of sp³-hybridized carbons (Fsp3) is 0.312. The van der Waals surface area contributed by atoms with E-state index in [1.807, 2.05) is 26.8 Å². The fourth-order valence-electron chi connectivity index (χ4n) is 2.54. The van der Waals surface area contributed by atoms with Crippen LogP contribution in [-0.2, 0) is 16.6 Å². The van der Waals surface area contributed by atoms with Crippen LogP contribution in [0.2, 0.25) is 0 Å². The SMILES string of the molecule is CCOc1ccc(S(=O)(=O)NCc2nnc3nc(C)cc(C)n23)cc1. The Morgan fingerprint density at radius 2 is 1.88 bits per heavy atom. The van der Waals surface area contributed by atoms with E-state index in [0.29, 0.717) is 24.0 Å². The summed E-state index contributed by atoms with van der Waals surface area (Å²) in [6, 6.07) is 8.15. The van der Waals surface area contributed by atoms with Gasteiger partial charge in [-0.05, 0) is 51.1 Å². The second-order valence-corrected chi connectivity index (χ2v) is 7.29. The maximum absolute atomic E-state index is 12.4. The van der Waals surface area contributed by atoms with E-state index >= 15 is 0 Å². The lowest BCUT2D eigenvalue weighted by Crippen LogP contribution is -2.24. The fourth-order valence-corrected chi connectivity index (χ4v) is 3.52. The van der Waals surface area contributed by atoms with Gasteiger partial charge in [0.15, 0.2) is 5.82 Å². The number of aryl methyl sites for hydroxylation is 2. The minimum atomic E-state index is -3.66. The van der Waals surface area contributed by atoms with Crippen LogP contribution in [0.25, 0.3) is 5.78 Å². The van der Waals surface area contributed by atoms with Crippen molar-refractivity contribution in [3.63, 3.8) is 0 Å². The maximum atomic E-state index is 12.4. The average molecular weight is 361 g/mol. The molecule has 132 valence electrons. The van der Waals surface area contributed by atoms with Crippen molar-refractivity contribution >= 4 is 15.8 Å². The number of hydrogen-bond acceptors (Lipinski definition) is 6. The highest BCUT2D eigenvalue weighted by atomic mass is 32.2. The van der Waals surface area contributed by atoms with Crippen LogP contribution in [0.5, 0.6) is 5.75 Å². The molecule has 3 aromatic rings. The summed E-state index contributed by atoms with van der Waals surface area (Å²) in [4.78, 5) is 4.45. The van der Waals surface area contributed by atoms with Gasteiger partial charge in [-0.3, -0.25) is 4.40 Å². The molecular formula is C16H19N5O3S. The molecule has 1 N–H and O–H groups in total. The van der Waals surface area contributed by atoms with Gasteiger partial charge in [-0.25, -0.2) is 18.1 Å². The van der Waals surface area contributed by atoms with Gasteiger partial charge in [-0.2, -0.15) is 0 Å². The number of nitrogens with one attached hydrogen (secondary N) is 1. The van der Waals surface area contributed by atoms with Gasteiger partial charge in [0.25, 0.3) is 5.78 Å². The summed E-state index contributed by atoms with van der Waals surface area (Å²) in [5.41, 5.74) is 1.72. The first kappa shape index (κ1) is 17.3. The molecule has 0 amide bonds. The van der Waals surface area contributed by atoms with Crippen molar-refractivity contribution < 1.29 is 13.2 Å². The maximum Gasteiger partial charge on any atom is 0.255 e. The van der Waals surface area contributed by atoms with E-state index in [4.69, 9.17) is 4.74 Å². The molecule has 0 aliphatic rings. The first-order chi connectivity index (χ1) is 11.9. The number of ether oxygens (including phenoxy) is 1. The second-order valence-electron chi connectivity index (χ2n) is 5.52. The van der Waals surface area contributed by atoms with E-state index in [-0.39, 0.29) is 11.4 Å². The van der Waals surface area contributed by atoms with Gasteiger partial charge in [0.05, 0.1) is 18.0 Å². The minimum absolute atomic E-state index is 0.0162. The summed E-state index contributed by atoms with van der Waals surface area (Å²) < 4.78 is 34.5. The Bertz CT molecular complexity index is 997. The molecule has 0 aliphatic carbocycles. The van der Waals surface area contributed by atoms with E-state index in [1.54, 1.807) is 16.5 Å². The topological polar surface area (TPSA) is 98.5 Å². The van der Waals surface area contributed by atoms with Crippen LogP contribution in [-0.4, -0.2) is 34.6 Å². The number of rotatable bonds is 6. The average Bonchev–Trinajstić information content (AvgIpc) is 2.97. The smallest absolute Gasteiger partial charge is 0.255 e. The summed E-state index contributed by atoms with van der Waals surface area (Å²) in [7, 11) is -3.66. The highest BCUT2D eigenvalue weighted by molar-refractivity contribution is 7.89. The molecule has 0 atom stereocenters. The van der Waals surface area contributed by atoms with Gasteiger partial charge in [0.1, 0.15) is 5.75 Å². The molecule has 0 saturated heterocycles. The second kappa shape index (κ2) is 6.77. The summed E-state index contributed by atoms with van der Waals surface area (Å²) >= 11 is 0. The van der Waals surface area contributed by atoms with Crippen molar-refractivity contribution in [2.24, 2.45) is 0 Å². The zero-order chi connectivity index (χ0) is 18.0. The van der Waals surface area contributed by atoms with Crippen molar-refractivity contribution in [2.75, 3.05) is 6.61 Å². The molecule has 1 aromatic carbocycles. The van der Waals surface area contributed by atoms with Gasteiger partial charge in [-0.1, -0.05) is 0 Å². The molecule has 0 fully saturated rings. The third-order valence-electron chi connectivity index (χ3n) is 3.63. The number of hydrogen-bond donors (Lipinski definition) is 1. The van der Waals surface area contributed by atoms with Crippen LogP contribution < -0.4 is 9.46 Å². The van der Waals surface area contributed by atoms with Crippen molar-refractivity contribution in [1.82, 2.24) is 24.3 Å². The van der Waals surface area contributed by atoms with Crippen LogP contribution in [0.1, 0.15) is 24.1 Å². The van der Waals surface area contributed by atoms with Crippen molar-refractivity contribution in [3.8, 4) is 5.75 Å². The van der Waals surface area contributed by atoms with Crippen LogP contribution >= 0.6 is 0 Å². The number of benzene rings is 1. The van der Waals surface area contributed by atoms with Crippen LogP contribution in [0, 0.1) is 13.8 Å². The van der Waals surface area contributed by atoms with E-state index < -0.39 is 10.0 Å². The predicted octanol–water partition coefficient (Wildman–Crippen LogP) is 1.62. The van der Waals surface area contributed by atoms with E-state index in [9.17, 15) is 8.42 Å². The number of fused-ring (bicyclic) bond motifs is 1. The van der Waals surface area contributed by atoms with Crippen LogP contribution in [0.15, 0.2) is 35.2 Å².